The zero-order valence-corrected chi connectivity index (χ0v) is 17.0. The van der Waals surface area contributed by atoms with E-state index in [9.17, 15) is 15.0 Å². The second-order valence-electron chi connectivity index (χ2n) is 3.51. The predicted molar refractivity (Wildman–Crippen MR) is 57.7 cm³/mol. The number of rotatable bonds is 2. The van der Waals surface area contributed by atoms with Gasteiger partial charge in [-0.25, -0.2) is 4.79 Å². The molecule has 0 aromatic heterocycles. The van der Waals surface area contributed by atoms with E-state index in [0.29, 0.717) is 0 Å². The van der Waals surface area contributed by atoms with Gasteiger partial charge in [-0.1, -0.05) is 36.4 Å². The number of hydrogen-bond acceptors (Lipinski definition) is 3. The maximum absolute atomic E-state index is 11.7. The Morgan fingerprint density at radius 1 is 0.895 bits per heavy atom. The molecule has 4 nitrogen and oxygen atoms in total. The molecule has 6 heteroatoms. The zero-order chi connectivity index (χ0) is 12.4. The largest absolute Gasteiger partial charge is 1.00 e. The smallest absolute Gasteiger partial charge is 0.872 e. The SMILES string of the molecule is O=C(O)c1ccc(-c2ccccc2[O-])c([O-])c1.[K+].[K+]. The third kappa shape index (κ3) is 4.92. The molecule has 86 valence electrons. The summed E-state index contributed by atoms with van der Waals surface area (Å²) >= 11 is 0. The second-order valence-corrected chi connectivity index (χ2v) is 3.51. The Labute approximate surface area is 195 Å². The van der Waals surface area contributed by atoms with Gasteiger partial charge in [0, 0.05) is 0 Å². The summed E-state index contributed by atoms with van der Waals surface area (Å²) in [5, 5.41) is 32.0. The summed E-state index contributed by atoms with van der Waals surface area (Å²) in [5.41, 5.74) is 0.428. The van der Waals surface area contributed by atoms with Crippen LogP contribution in [0.15, 0.2) is 42.5 Å². The number of carbonyl (C=O) groups is 1. The van der Waals surface area contributed by atoms with Crippen molar-refractivity contribution in [3.63, 3.8) is 0 Å². The Morgan fingerprint density at radius 3 is 2.00 bits per heavy atom. The van der Waals surface area contributed by atoms with Gasteiger partial charge in [0.1, 0.15) is 0 Å². The molecule has 0 aliphatic rings. The van der Waals surface area contributed by atoms with E-state index < -0.39 is 11.7 Å². The van der Waals surface area contributed by atoms with Gasteiger partial charge in [0.2, 0.25) is 0 Å². The molecule has 0 saturated heterocycles. The third-order valence-electron chi connectivity index (χ3n) is 2.41. The minimum atomic E-state index is -1.16. The molecule has 0 radical (unpaired) electrons. The minimum absolute atomic E-state index is 0. The van der Waals surface area contributed by atoms with Gasteiger partial charge in [-0.15, -0.1) is 11.5 Å². The fraction of sp³-hybridized carbons (Fsp3) is 0. The van der Waals surface area contributed by atoms with Gasteiger partial charge in [-0.3, -0.25) is 0 Å². The van der Waals surface area contributed by atoms with Crippen LogP contribution in [0, 0.1) is 0 Å². The van der Waals surface area contributed by atoms with Crippen molar-refractivity contribution in [1.29, 1.82) is 0 Å². The maximum atomic E-state index is 11.7. The van der Waals surface area contributed by atoms with E-state index in [4.69, 9.17) is 5.11 Å². The fourth-order valence-electron chi connectivity index (χ4n) is 1.57. The van der Waals surface area contributed by atoms with Crippen molar-refractivity contribution in [1.82, 2.24) is 0 Å². The number of benzene rings is 2. The predicted octanol–water partition coefficient (Wildman–Crippen LogP) is -4.79. The van der Waals surface area contributed by atoms with Crippen molar-refractivity contribution in [3.05, 3.63) is 48.0 Å². The Balaban J connectivity index is 0.00000162. The number of carboxylic acid groups (broad SMARTS) is 1. The van der Waals surface area contributed by atoms with Crippen LogP contribution in [-0.4, -0.2) is 11.1 Å². The molecule has 0 heterocycles. The molecule has 0 bridgehead atoms. The van der Waals surface area contributed by atoms with Gasteiger partial charge in [0.15, 0.2) is 0 Å². The Bertz CT molecular complexity index is 585. The Hall–Kier alpha value is 0.783. The van der Waals surface area contributed by atoms with Crippen LogP contribution in [0.25, 0.3) is 11.1 Å². The van der Waals surface area contributed by atoms with E-state index >= 15 is 0 Å². The average molecular weight is 306 g/mol. The molecule has 2 rings (SSSR count). The first-order chi connectivity index (χ1) is 8.09. The first-order valence-corrected chi connectivity index (χ1v) is 4.90. The number of hydrogen-bond donors (Lipinski definition) is 1. The van der Waals surface area contributed by atoms with E-state index in [1.165, 1.54) is 18.2 Å². The normalized spacial score (nSPS) is 9.05. The van der Waals surface area contributed by atoms with Crippen LogP contribution in [0.1, 0.15) is 10.4 Å². The molecule has 2 aromatic rings. The van der Waals surface area contributed by atoms with E-state index in [1.54, 1.807) is 18.2 Å². The Kier molecular flexibility index (Phi) is 9.30. The molecular weight excluding hydrogens is 298 g/mol. The molecule has 0 spiro atoms. The van der Waals surface area contributed by atoms with Crippen molar-refractivity contribution >= 4 is 5.97 Å². The van der Waals surface area contributed by atoms with Crippen molar-refractivity contribution in [2.45, 2.75) is 0 Å². The first-order valence-electron chi connectivity index (χ1n) is 4.90. The number of para-hydroxylation sites is 1. The van der Waals surface area contributed by atoms with Crippen molar-refractivity contribution in [2.24, 2.45) is 0 Å². The molecule has 0 saturated carbocycles. The molecule has 0 aliphatic carbocycles. The van der Waals surface area contributed by atoms with Gasteiger partial charge >= 0.3 is 109 Å². The van der Waals surface area contributed by atoms with Crippen molar-refractivity contribution in [2.75, 3.05) is 0 Å². The first kappa shape index (κ1) is 19.8. The number of carboxylic acids is 1. The molecule has 0 amide bonds. The van der Waals surface area contributed by atoms with Crippen LogP contribution in [-0.2, 0) is 0 Å². The maximum Gasteiger partial charge on any atom is 1.00 e. The summed E-state index contributed by atoms with van der Waals surface area (Å²) in [6, 6.07) is 9.83. The molecule has 0 unspecified atom stereocenters. The summed E-state index contributed by atoms with van der Waals surface area (Å²) in [5.74, 6) is -1.88. The Morgan fingerprint density at radius 2 is 1.47 bits per heavy atom. The third-order valence-corrected chi connectivity index (χ3v) is 2.41. The molecule has 0 fully saturated rings. The molecule has 1 N–H and O–H groups in total. The van der Waals surface area contributed by atoms with E-state index in [-0.39, 0.29) is 125 Å². The molecule has 0 atom stereocenters. The van der Waals surface area contributed by atoms with Crippen LogP contribution < -0.4 is 113 Å². The fourth-order valence-corrected chi connectivity index (χ4v) is 1.57. The average Bonchev–Trinajstić information content (AvgIpc) is 2.30. The monoisotopic (exact) mass is 306 g/mol. The van der Waals surface area contributed by atoms with Crippen LogP contribution in [0.2, 0.25) is 0 Å². The quantitative estimate of drug-likeness (QED) is 0.565. The number of aromatic carboxylic acids is 1. The van der Waals surface area contributed by atoms with Gasteiger partial charge in [0.05, 0.1) is 5.56 Å². The minimum Gasteiger partial charge on any atom is -0.872 e. The summed E-state index contributed by atoms with van der Waals surface area (Å²) in [6.45, 7) is 0. The molecule has 0 aliphatic heterocycles. The van der Waals surface area contributed by atoms with Crippen molar-refractivity contribution in [3.8, 4) is 22.6 Å². The van der Waals surface area contributed by atoms with Gasteiger partial charge in [-0.05, 0) is 17.2 Å². The summed E-state index contributed by atoms with van der Waals surface area (Å²) in [6.07, 6.45) is 0. The van der Waals surface area contributed by atoms with Crippen LogP contribution >= 0.6 is 0 Å². The van der Waals surface area contributed by atoms with Gasteiger partial charge < -0.3 is 15.3 Å². The standard InChI is InChI=1S/C13H10O4.2K/c14-11-4-2-1-3-9(11)10-6-5-8(13(16)17)7-12(10)15;;/h1-7,14-15H,(H,16,17);;/q;2*+1/p-2. The topological polar surface area (TPSA) is 83.4 Å². The second kappa shape index (κ2) is 8.94. The zero-order valence-electron chi connectivity index (χ0n) is 10.7. The van der Waals surface area contributed by atoms with Crippen molar-refractivity contribution < 1.29 is 123 Å². The van der Waals surface area contributed by atoms with Gasteiger partial charge in [0.25, 0.3) is 0 Å². The van der Waals surface area contributed by atoms with Crippen LogP contribution in [0.3, 0.4) is 0 Å². The van der Waals surface area contributed by atoms with Crippen LogP contribution in [0.5, 0.6) is 11.5 Å². The van der Waals surface area contributed by atoms with Gasteiger partial charge in [-0.2, -0.15) is 0 Å². The van der Waals surface area contributed by atoms with E-state index in [2.05, 4.69) is 0 Å². The van der Waals surface area contributed by atoms with E-state index in [0.717, 1.165) is 6.07 Å². The molecular formula is C13H8K2O4. The van der Waals surface area contributed by atoms with Crippen LogP contribution in [0.4, 0.5) is 0 Å². The molecule has 2 aromatic carbocycles. The summed E-state index contributed by atoms with van der Waals surface area (Å²) in [7, 11) is 0. The summed E-state index contributed by atoms with van der Waals surface area (Å²) in [4.78, 5) is 10.7. The van der Waals surface area contributed by atoms with E-state index in [1.807, 2.05) is 0 Å². The molecule has 19 heavy (non-hydrogen) atoms. The summed E-state index contributed by atoms with van der Waals surface area (Å²) < 4.78 is 0.